The molecule has 1 heterocycles. The molecule has 1 atom stereocenters. The summed E-state index contributed by atoms with van der Waals surface area (Å²) in [7, 11) is 0. The van der Waals surface area contributed by atoms with E-state index in [4.69, 9.17) is 10.2 Å². The zero-order valence-electron chi connectivity index (χ0n) is 11.1. The molecule has 2 nitrogen and oxygen atoms in total. The van der Waals surface area contributed by atoms with Gasteiger partial charge in [0.25, 0.3) is 0 Å². The Morgan fingerprint density at radius 2 is 1.84 bits per heavy atom. The summed E-state index contributed by atoms with van der Waals surface area (Å²) >= 11 is 0. The molecule has 102 valence electrons. The molecule has 0 bridgehead atoms. The summed E-state index contributed by atoms with van der Waals surface area (Å²) in [5, 5.41) is 0.805. The molecule has 0 saturated heterocycles. The lowest BCUT2D eigenvalue weighted by molar-refractivity contribution is 0.339. The molecular formula is C16H20FNO. The highest BCUT2D eigenvalue weighted by atomic mass is 19.1. The fraction of sp³-hybridized carbons (Fsp3) is 0.500. The maximum absolute atomic E-state index is 13.2. The van der Waals surface area contributed by atoms with Gasteiger partial charge >= 0.3 is 0 Å². The van der Waals surface area contributed by atoms with Gasteiger partial charge in [0.15, 0.2) is 0 Å². The van der Waals surface area contributed by atoms with Crippen LogP contribution in [0.5, 0.6) is 0 Å². The number of nitrogens with two attached hydrogens (primary N) is 1. The second-order valence-corrected chi connectivity index (χ2v) is 5.61. The minimum atomic E-state index is -0.233. The van der Waals surface area contributed by atoms with Gasteiger partial charge in [0.2, 0.25) is 0 Å². The first kappa shape index (κ1) is 12.7. The molecule has 3 rings (SSSR count). The van der Waals surface area contributed by atoms with Crippen molar-refractivity contribution in [2.24, 2.45) is 11.7 Å². The third kappa shape index (κ3) is 2.66. The molecule has 19 heavy (non-hydrogen) atoms. The summed E-state index contributed by atoms with van der Waals surface area (Å²) in [4.78, 5) is 0. The molecule has 1 fully saturated rings. The Balaban J connectivity index is 1.85. The summed E-state index contributed by atoms with van der Waals surface area (Å²) in [6.07, 6.45) is 7.49. The number of rotatable bonds is 2. The van der Waals surface area contributed by atoms with Crippen molar-refractivity contribution in [2.75, 3.05) is 0 Å². The quantitative estimate of drug-likeness (QED) is 0.806. The van der Waals surface area contributed by atoms with Crippen molar-refractivity contribution in [3.05, 3.63) is 35.8 Å². The van der Waals surface area contributed by atoms with Crippen LogP contribution < -0.4 is 5.73 Å². The number of hydrogen-bond donors (Lipinski definition) is 1. The second-order valence-electron chi connectivity index (χ2n) is 5.61. The van der Waals surface area contributed by atoms with Gasteiger partial charge in [0.1, 0.15) is 17.2 Å². The van der Waals surface area contributed by atoms with Crippen LogP contribution in [0.1, 0.15) is 50.3 Å². The minimum Gasteiger partial charge on any atom is -0.459 e. The third-order valence-electron chi connectivity index (χ3n) is 4.23. The molecule has 1 aliphatic carbocycles. The molecule has 1 aliphatic rings. The Morgan fingerprint density at radius 1 is 1.11 bits per heavy atom. The molecule has 0 spiro atoms. The van der Waals surface area contributed by atoms with Gasteiger partial charge in [-0.15, -0.1) is 0 Å². The fourth-order valence-corrected chi connectivity index (χ4v) is 3.10. The molecule has 0 radical (unpaired) electrons. The van der Waals surface area contributed by atoms with E-state index in [1.807, 2.05) is 6.07 Å². The van der Waals surface area contributed by atoms with E-state index in [1.54, 1.807) is 6.07 Å². The molecule has 1 aromatic heterocycles. The van der Waals surface area contributed by atoms with Crippen molar-refractivity contribution >= 4 is 11.0 Å². The summed E-state index contributed by atoms with van der Waals surface area (Å²) < 4.78 is 19.0. The highest BCUT2D eigenvalue weighted by molar-refractivity contribution is 5.78. The van der Waals surface area contributed by atoms with E-state index in [2.05, 4.69) is 0 Å². The standard InChI is InChI=1S/C16H20FNO/c17-13-7-8-14-12(9-13)10-15(19-14)16(18)11-5-3-1-2-4-6-11/h7-11,16H,1-6,18H2. The van der Waals surface area contributed by atoms with Gasteiger partial charge in [-0.2, -0.15) is 0 Å². The number of benzene rings is 1. The van der Waals surface area contributed by atoms with Crippen molar-refractivity contribution < 1.29 is 8.81 Å². The van der Waals surface area contributed by atoms with Gasteiger partial charge in [-0.1, -0.05) is 25.7 Å². The van der Waals surface area contributed by atoms with E-state index in [0.717, 1.165) is 16.7 Å². The second kappa shape index (κ2) is 5.33. The Kier molecular flexibility index (Phi) is 3.56. The van der Waals surface area contributed by atoms with Gasteiger partial charge < -0.3 is 10.2 Å². The minimum absolute atomic E-state index is 0.0615. The number of halogens is 1. The molecular weight excluding hydrogens is 241 g/mol. The monoisotopic (exact) mass is 261 g/mol. The van der Waals surface area contributed by atoms with Gasteiger partial charge in [-0.3, -0.25) is 0 Å². The Bertz CT molecular complexity index is 555. The van der Waals surface area contributed by atoms with E-state index in [9.17, 15) is 4.39 Å². The zero-order chi connectivity index (χ0) is 13.2. The highest BCUT2D eigenvalue weighted by Gasteiger charge is 2.23. The van der Waals surface area contributed by atoms with Gasteiger partial charge in [-0.25, -0.2) is 4.39 Å². The predicted octanol–water partition coefficient (Wildman–Crippen LogP) is 4.54. The average molecular weight is 261 g/mol. The molecule has 0 aliphatic heterocycles. The Hall–Kier alpha value is -1.35. The molecule has 3 heteroatoms. The van der Waals surface area contributed by atoms with E-state index >= 15 is 0 Å². The molecule has 1 saturated carbocycles. The van der Waals surface area contributed by atoms with Crippen molar-refractivity contribution in [2.45, 2.75) is 44.6 Å². The van der Waals surface area contributed by atoms with Crippen molar-refractivity contribution in [3.63, 3.8) is 0 Å². The molecule has 1 aromatic carbocycles. The van der Waals surface area contributed by atoms with Crippen LogP contribution in [-0.2, 0) is 0 Å². The summed E-state index contributed by atoms with van der Waals surface area (Å²) in [5.41, 5.74) is 7.08. The first-order valence-corrected chi connectivity index (χ1v) is 7.18. The maximum atomic E-state index is 13.2. The predicted molar refractivity (Wildman–Crippen MR) is 74.3 cm³/mol. The van der Waals surface area contributed by atoms with Gasteiger partial charge in [0.05, 0.1) is 6.04 Å². The van der Waals surface area contributed by atoms with Crippen molar-refractivity contribution in [1.82, 2.24) is 0 Å². The first-order valence-electron chi connectivity index (χ1n) is 7.18. The van der Waals surface area contributed by atoms with Crippen LogP contribution in [0.4, 0.5) is 4.39 Å². The zero-order valence-corrected chi connectivity index (χ0v) is 11.1. The van der Waals surface area contributed by atoms with Crippen LogP contribution in [0.3, 0.4) is 0 Å². The fourth-order valence-electron chi connectivity index (χ4n) is 3.10. The van der Waals surface area contributed by atoms with E-state index in [-0.39, 0.29) is 11.9 Å². The van der Waals surface area contributed by atoms with Crippen LogP contribution in [0.25, 0.3) is 11.0 Å². The Labute approximate surface area is 112 Å². The van der Waals surface area contributed by atoms with Crippen molar-refractivity contribution in [3.8, 4) is 0 Å². The SMILES string of the molecule is NC(c1cc2cc(F)ccc2o1)C1CCCCCC1. The number of hydrogen-bond acceptors (Lipinski definition) is 2. The maximum Gasteiger partial charge on any atom is 0.134 e. The van der Waals surface area contributed by atoms with E-state index in [1.165, 1.54) is 50.7 Å². The topological polar surface area (TPSA) is 39.2 Å². The lowest BCUT2D eigenvalue weighted by atomic mass is 9.91. The summed E-state index contributed by atoms with van der Waals surface area (Å²) in [6, 6.07) is 6.44. The average Bonchev–Trinajstić information content (AvgIpc) is 2.64. The van der Waals surface area contributed by atoms with Crippen LogP contribution in [0.15, 0.2) is 28.7 Å². The first-order chi connectivity index (χ1) is 9.24. The smallest absolute Gasteiger partial charge is 0.134 e. The lowest BCUT2D eigenvalue weighted by Crippen LogP contribution is -2.20. The van der Waals surface area contributed by atoms with E-state index < -0.39 is 0 Å². The lowest BCUT2D eigenvalue weighted by Gasteiger charge is -2.20. The van der Waals surface area contributed by atoms with Crippen LogP contribution in [-0.4, -0.2) is 0 Å². The highest BCUT2D eigenvalue weighted by Crippen LogP contribution is 2.34. The van der Waals surface area contributed by atoms with Crippen LogP contribution >= 0.6 is 0 Å². The van der Waals surface area contributed by atoms with Gasteiger partial charge in [0, 0.05) is 5.39 Å². The summed E-state index contributed by atoms with van der Waals surface area (Å²) in [6.45, 7) is 0. The van der Waals surface area contributed by atoms with E-state index in [0.29, 0.717) is 5.92 Å². The molecule has 1 unspecified atom stereocenters. The normalized spacial score (nSPS) is 19.5. The van der Waals surface area contributed by atoms with Gasteiger partial charge in [-0.05, 0) is 43.0 Å². The van der Waals surface area contributed by atoms with Crippen LogP contribution in [0, 0.1) is 11.7 Å². The molecule has 2 N–H and O–H groups in total. The largest absolute Gasteiger partial charge is 0.459 e. The van der Waals surface area contributed by atoms with Crippen molar-refractivity contribution in [1.29, 1.82) is 0 Å². The third-order valence-corrected chi connectivity index (χ3v) is 4.23. The molecule has 0 amide bonds. The summed E-state index contributed by atoms with van der Waals surface area (Å²) in [5.74, 6) is 1.06. The molecule has 2 aromatic rings. The number of furan rings is 1. The van der Waals surface area contributed by atoms with Crippen LogP contribution in [0.2, 0.25) is 0 Å². The number of fused-ring (bicyclic) bond motifs is 1. The Morgan fingerprint density at radius 3 is 2.58 bits per heavy atom.